The molecule has 0 amide bonds. The van der Waals surface area contributed by atoms with E-state index >= 15 is 0 Å². The van der Waals surface area contributed by atoms with Gasteiger partial charge in [-0.25, -0.2) is 9.67 Å². The lowest BCUT2D eigenvalue weighted by Gasteiger charge is -2.01. The molecule has 0 radical (unpaired) electrons. The molecule has 0 spiro atoms. The van der Waals surface area contributed by atoms with Crippen molar-refractivity contribution in [3.05, 3.63) is 60.6 Å². The molecule has 2 N–H and O–H groups in total. The summed E-state index contributed by atoms with van der Waals surface area (Å²) in [6, 6.07) is 13.6. The molecule has 0 saturated heterocycles. The number of hydrogen-bond donors (Lipinski definition) is 1. The Bertz CT molecular complexity index is 698. The lowest BCUT2D eigenvalue weighted by molar-refractivity contribution is 0.841. The van der Waals surface area contributed by atoms with Crippen molar-refractivity contribution in [1.82, 2.24) is 14.8 Å². The number of anilines is 1. The Morgan fingerprint density at radius 1 is 1.00 bits per heavy atom. The number of aryl methyl sites for hydroxylation is 1. The molecule has 0 aliphatic rings. The number of aromatic nitrogens is 3. The Hall–Kier alpha value is -2.62. The third-order valence-corrected chi connectivity index (χ3v) is 2.93. The maximum atomic E-state index is 5.69. The summed E-state index contributed by atoms with van der Waals surface area (Å²) in [4.78, 5) is 4.45. The molecule has 0 unspecified atom stereocenters. The number of nitrogen functional groups attached to an aromatic ring is 1. The van der Waals surface area contributed by atoms with Gasteiger partial charge in [-0.1, -0.05) is 18.2 Å². The van der Waals surface area contributed by atoms with Crippen molar-refractivity contribution in [2.45, 2.75) is 6.92 Å². The van der Waals surface area contributed by atoms with Crippen LogP contribution < -0.4 is 5.73 Å². The molecule has 0 saturated carbocycles. The summed E-state index contributed by atoms with van der Waals surface area (Å²) >= 11 is 0. The van der Waals surface area contributed by atoms with Crippen LogP contribution in [-0.2, 0) is 0 Å². The Kier molecular flexibility index (Phi) is 2.76. The topological polar surface area (TPSA) is 56.7 Å². The van der Waals surface area contributed by atoms with Crippen molar-refractivity contribution in [1.29, 1.82) is 0 Å². The standard InChI is InChI=1S/C15H14N4/c1-11-3-2-4-15(18-11)19-10-13(9-17-19)12-5-7-14(16)8-6-12/h2-10H,16H2,1H3. The van der Waals surface area contributed by atoms with Crippen molar-refractivity contribution in [3.8, 4) is 16.9 Å². The molecule has 3 rings (SSSR count). The summed E-state index contributed by atoms with van der Waals surface area (Å²) < 4.78 is 1.78. The SMILES string of the molecule is Cc1cccc(-n2cc(-c3ccc(N)cc3)cn2)n1. The van der Waals surface area contributed by atoms with Crippen molar-refractivity contribution in [2.75, 3.05) is 5.73 Å². The molecule has 0 atom stereocenters. The number of nitrogens with zero attached hydrogens (tertiary/aromatic N) is 3. The summed E-state index contributed by atoms with van der Waals surface area (Å²) in [6.07, 6.45) is 3.79. The predicted octanol–water partition coefficient (Wildman–Crippen LogP) is 2.82. The van der Waals surface area contributed by atoms with Crippen molar-refractivity contribution in [2.24, 2.45) is 0 Å². The van der Waals surface area contributed by atoms with Crippen molar-refractivity contribution >= 4 is 5.69 Å². The summed E-state index contributed by atoms with van der Waals surface area (Å²) in [5.74, 6) is 0.821. The van der Waals surface area contributed by atoms with Gasteiger partial charge in [0, 0.05) is 23.1 Å². The molecular weight excluding hydrogens is 236 g/mol. The van der Waals surface area contributed by atoms with Gasteiger partial charge in [-0.05, 0) is 36.8 Å². The number of rotatable bonds is 2. The van der Waals surface area contributed by atoms with E-state index in [0.29, 0.717) is 0 Å². The molecule has 94 valence electrons. The van der Waals surface area contributed by atoms with Gasteiger partial charge in [0.15, 0.2) is 5.82 Å². The molecule has 2 aromatic heterocycles. The third-order valence-electron chi connectivity index (χ3n) is 2.93. The first kappa shape index (κ1) is 11.5. The smallest absolute Gasteiger partial charge is 0.153 e. The van der Waals surface area contributed by atoms with Gasteiger partial charge in [-0.3, -0.25) is 0 Å². The minimum Gasteiger partial charge on any atom is -0.399 e. The minimum absolute atomic E-state index is 0.761. The fourth-order valence-corrected chi connectivity index (χ4v) is 1.93. The van der Waals surface area contributed by atoms with Crippen molar-refractivity contribution < 1.29 is 0 Å². The molecule has 0 aliphatic carbocycles. The zero-order chi connectivity index (χ0) is 13.2. The van der Waals surface area contributed by atoms with Crippen LogP contribution in [0.4, 0.5) is 5.69 Å². The molecule has 2 heterocycles. The molecular formula is C15H14N4. The van der Waals surface area contributed by atoms with E-state index in [1.807, 2.05) is 61.8 Å². The lowest BCUT2D eigenvalue weighted by Crippen LogP contribution is -1.98. The fourth-order valence-electron chi connectivity index (χ4n) is 1.93. The number of nitrogens with two attached hydrogens (primary N) is 1. The first-order chi connectivity index (χ1) is 9.22. The highest BCUT2D eigenvalue weighted by atomic mass is 15.3. The summed E-state index contributed by atoms with van der Waals surface area (Å²) in [5.41, 5.74) is 9.56. The highest BCUT2D eigenvalue weighted by molar-refractivity contribution is 5.64. The van der Waals surface area contributed by atoms with Crippen LogP contribution in [0.2, 0.25) is 0 Å². The van der Waals surface area contributed by atoms with Gasteiger partial charge >= 0.3 is 0 Å². The summed E-state index contributed by atoms with van der Waals surface area (Å²) in [5, 5.41) is 4.35. The molecule has 0 bridgehead atoms. The van der Waals surface area contributed by atoms with Gasteiger partial charge in [-0.15, -0.1) is 0 Å². The van der Waals surface area contributed by atoms with Gasteiger partial charge in [0.2, 0.25) is 0 Å². The fraction of sp³-hybridized carbons (Fsp3) is 0.0667. The van der Waals surface area contributed by atoms with Crippen LogP contribution in [0.3, 0.4) is 0 Å². The molecule has 19 heavy (non-hydrogen) atoms. The van der Waals surface area contributed by atoms with Gasteiger partial charge < -0.3 is 5.73 Å². The van der Waals surface area contributed by atoms with Crippen LogP contribution in [0.1, 0.15) is 5.69 Å². The Balaban J connectivity index is 1.97. The first-order valence-corrected chi connectivity index (χ1v) is 6.07. The number of benzene rings is 1. The second-order valence-corrected chi connectivity index (χ2v) is 4.43. The van der Waals surface area contributed by atoms with E-state index < -0.39 is 0 Å². The Labute approximate surface area is 111 Å². The monoisotopic (exact) mass is 250 g/mol. The Morgan fingerprint density at radius 3 is 2.53 bits per heavy atom. The van der Waals surface area contributed by atoms with Crippen LogP contribution in [0, 0.1) is 6.92 Å². The highest BCUT2D eigenvalue weighted by Gasteiger charge is 2.04. The van der Waals surface area contributed by atoms with E-state index in [0.717, 1.165) is 28.3 Å². The van der Waals surface area contributed by atoms with Gasteiger partial charge in [0.25, 0.3) is 0 Å². The zero-order valence-corrected chi connectivity index (χ0v) is 10.6. The van der Waals surface area contributed by atoms with Gasteiger partial charge in [0.05, 0.1) is 6.20 Å². The van der Waals surface area contributed by atoms with Crippen LogP contribution in [0.5, 0.6) is 0 Å². The average Bonchev–Trinajstić information content (AvgIpc) is 2.89. The predicted molar refractivity (Wildman–Crippen MR) is 75.9 cm³/mol. The number of pyridine rings is 1. The highest BCUT2D eigenvalue weighted by Crippen LogP contribution is 2.20. The van der Waals surface area contributed by atoms with Crippen LogP contribution in [0.25, 0.3) is 16.9 Å². The van der Waals surface area contributed by atoms with E-state index in [1.165, 1.54) is 0 Å². The largest absolute Gasteiger partial charge is 0.399 e. The molecule has 4 heteroatoms. The van der Waals surface area contributed by atoms with Crippen LogP contribution >= 0.6 is 0 Å². The normalized spacial score (nSPS) is 10.6. The summed E-state index contributed by atoms with van der Waals surface area (Å²) in [6.45, 7) is 1.97. The van der Waals surface area contributed by atoms with E-state index in [4.69, 9.17) is 5.73 Å². The lowest BCUT2D eigenvalue weighted by atomic mass is 10.1. The average molecular weight is 250 g/mol. The summed E-state index contributed by atoms with van der Waals surface area (Å²) in [7, 11) is 0. The molecule has 3 aromatic rings. The van der Waals surface area contributed by atoms with Crippen LogP contribution in [-0.4, -0.2) is 14.8 Å². The van der Waals surface area contributed by atoms with Crippen LogP contribution in [0.15, 0.2) is 54.9 Å². The second kappa shape index (κ2) is 4.57. The second-order valence-electron chi connectivity index (χ2n) is 4.43. The molecule has 0 fully saturated rings. The van der Waals surface area contributed by atoms with Gasteiger partial charge in [0.1, 0.15) is 0 Å². The third kappa shape index (κ3) is 2.33. The maximum absolute atomic E-state index is 5.69. The van der Waals surface area contributed by atoms with E-state index in [2.05, 4.69) is 10.1 Å². The zero-order valence-electron chi connectivity index (χ0n) is 10.6. The van der Waals surface area contributed by atoms with E-state index in [9.17, 15) is 0 Å². The molecule has 1 aromatic carbocycles. The van der Waals surface area contributed by atoms with E-state index in [-0.39, 0.29) is 0 Å². The molecule has 0 aliphatic heterocycles. The van der Waals surface area contributed by atoms with E-state index in [1.54, 1.807) is 4.68 Å². The number of hydrogen-bond acceptors (Lipinski definition) is 3. The molecule has 4 nitrogen and oxygen atoms in total. The maximum Gasteiger partial charge on any atom is 0.153 e. The van der Waals surface area contributed by atoms with Crippen molar-refractivity contribution in [3.63, 3.8) is 0 Å². The Morgan fingerprint density at radius 2 is 1.79 bits per heavy atom. The van der Waals surface area contributed by atoms with Gasteiger partial charge in [-0.2, -0.15) is 5.10 Å². The minimum atomic E-state index is 0.761. The first-order valence-electron chi connectivity index (χ1n) is 6.07. The quantitative estimate of drug-likeness (QED) is 0.711.